The zero-order chi connectivity index (χ0) is 14.8. The minimum Gasteiger partial charge on any atom is -0.382 e. The van der Waals surface area contributed by atoms with Gasteiger partial charge in [-0.3, -0.25) is 0 Å². The van der Waals surface area contributed by atoms with E-state index in [1.165, 1.54) is 6.42 Å². The van der Waals surface area contributed by atoms with E-state index < -0.39 is 0 Å². The van der Waals surface area contributed by atoms with Crippen LogP contribution in [0.4, 0.5) is 0 Å². The van der Waals surface area contributed by atoms with E-state index in [2.05, 4.69) is 19.2 Å². The first-order chi connectivity index (χ1) is 9.47. The van der Waals surface area contributed by atoms with Crippen molar-refractivity contribution >= 4 is 0 Å². The second-order valence-electron chi connectivity index (χ2n) is 6.75. The van der Waals surface area contributed by atoms with Gasteiger partial charge in [0.25, 0.3) is 0 Å². The van der Waals surface area contributed by atoms with Gasteiger partial charge in [-0.1, -0.05) is 13.8 Å². The van der Waals surface area contributed by atoms with Crippen molar-refractivity contribution < 1.29 is 14.2 Å². The number of ether oxygens (including phenoxy) is 3. The van der Waals surface area contributed by atoms with Crippen LogP contribution in [0.15, 0.2) is 0 Å². The van der Waals surface area contributed by atoms with Gasteiger partial charge in [0.15, 0.2) is 0 Å². The van der Waals surface area contributed by atoms with Gasteiger partial charge in [-0.05, 0) is 12.8 Å². The zero-order valence-corrected chi connectivity index (χ0v) is 13.3. The number of rotatable bonds is 7. The molecule has 5 heteroatoms. The molecule has 0 aromatic carbocycles. The van der Waals surface area contributed by atoms with Crippen molar-refractivity contribution in [2.75, 3.05) is 40.5 Å². The van der Waals surface area contributed by atoms with Gasteiger partial charge in [0.1, 0.15) is 0 Å². The lowest BCUT2D eigenvalue weighted by Gasteiger charge is -2.66. The van der Waals surface area contributed by atoms with E-state index in [-0.39, 0.29) is 17.1 Å². The number of hydrogen-bond acceptors (Lipinski definition) is 5. The third-order valence-corrected chi connectivity index (χ3v) is 5.37. The van der Waals surface area contributed by atoms with Crippen LogP contribution in [-0.2, 0) is 14.2 Å². The fraction of sp³-hybridized carbons (Fsp3) is 1.00. The molecule has 1 saturated carbocycles. The number of nitrogens with two attached hydrogens (primary N) is 1. The van der Waals surface area contributed by atoms with E-state index in [1.807, 2.05) is 0 Å². The summed E-state index contributed by atoms with van der Waals surface area (Å²) < 4.78 is 16.4. The van der Waals surface area contributed by atoms with E-state index in [9.17, 15) is 0 Å². The maximum absolute atomic E-state index is 6.72. The molecule has 0 radical (unpaired) electrons. The molecule has 0 aromatic rings. The van der Waals surface area contributed by atoms with E-state index in [1.54, 1.807) is 14.2 Å². The second-order valence-corrected chi connectivity index (χ2v) is 6.75. The average molecular weight is 286 g/mol. The summed E-state index contributed by atoms with van der Waals surface area (Å²) >= 11 is 0. The van der Waals surface area contributed by atoms with Gasteiger partial charge >= 0.3 is 0 Å². The van der Waals surface area contributed by atoms with Crippen LogP contribution in [0.3, 0.4) is 0 Å². The van der Waals surface area contributed by atoms with Crippen LogP contribution in [0.1, 0.15) is 26.7 Å². The zero-order valence-electron chi connectivity index (χ0n) is 13.3. The maximum atomic E-state index is 6.72. The summed E-state index contributed by atoms with van der Waals surface area (Å²) in [7, 11) is 3.40. The quantitative estimate of drug-likeness (QED) is 0.724. The highest BCUT2D eigenvalue weighted by Gasteiger charge is 2.65. The predicted molar refractivity (Wildman–Crippen MR) is 78.7 cm³/mol. The highest BCUT2D eigenvalue weighted by atomic mass is 16.5. The number of nitrogens with one attached hydrogen (secondary N) is 1. The molecule has 118 valence electrons. The van der Waals surface area contributed by atoms with Crippen LogP contribution >= 0.6 is 0 Å². The average Bonchev–Trinajstić information content (AvgIpc) is 2.46. The highest BCUT2D eigenvalue weighted by molar-refractivity contribution is 5.20. The standard InChI is InChI=1S/C15H30N2O3/c1-14(2)13-12(6-5-7-20-13)15(14,16)10-17-8-11(19-4)9-18-3/h11-13,17H,5-10,16H2,1-4H3. The van der Waals surface area contributed by atoms with E-state index in [4.69, 9.17) is 19.9 Å². The van der Waals surface area contributed by atoms with Gasteiger partial charge in [-0.2, -0.15) is 0 Å². The van der Waals surface area contributed by atoms with Crippen molar-refractivity contribution in [2.45, 2.75) is 44.4 Å². The van der Waals surface area contributed by atoms with Gasteiger partial charge in [0, 0.05) is 50.8 Å². The molecule has 1 saturated heterocycles. The molecule has 0 spiro atoms. The molecular formula is C15H30N2O3. The van der Waals surface area contributed by atoms with Crippen molar-refractivity contribution in [1.82, 2.24) is 5.32 Å². The topological polar surface area (TPSA) is 65.7 Å². The Morgan fingerprint density at radius 1 is 1.40 bits per heavy atom. The maximum Gasteiger partial charge on any atom is 0.0928 e. The van der Waals surface area contributed by atoms with Crippen LogP contribution < -0.4 is 11.1 Å². The molecule has 1 heterocycles. The molecular weight excluding hydrogens is 256 g/mol. The van der Waals surface area contributed by atoms with Crippen molar-refractivity contribution in [3.63, 3.8) is 0 Å². The highest BCUT2D eigenvalue weighted by Crippen LogP contribution is 2.56. The summed E-state index contributed by atoms with van der Waals surface area (Å²) in [6.45, 7) is 7.49. The first-order valence-electron chi connectivity index (χ1n) is 7.60. The smallest absolute Gasteiger partial charge is 0.0928 e. The molecule has 2 fully saturated rings. The Morgan fingerprint density at radius 2 is 2.15 bits per heavy atom. The normalized spacial score (nSPS) is 37.0. The lowest BCUT2D eigenvalue weighted by molar-refractivity contribution is -0.225. The molecule has 20 heavy (non-hydrogen) atoms. The van der Waals surface area contributed by atoms with Crippen LogP contribution in [0.5, 0.6) is 0 Å². The molecule has 0 bridgehead atoms. The summed E-state index contributed by atoms with van der Waals surface area (Å²) in [6, 6.07) is 0. The lowest BCUT2D eigenvalue weighted by atomic mass is 9.46. The molecule has 0 aromatic heterocycles. The molecule has 4 atom stereocenters. The van der Waals surface area contributed by atoms with Gasteiger partial charge < -0.3 is 25.3 Å². The van der Waals surface area contributed by atoms with Gasteiger partial charge in [-0.25, -0.2) is 0 Å². The minimum atomic E-state index is -0.191. The Bertz CT molecular complexity index is 324. The first kappa shape index (κ1) is 16.2. The monoisotopic (exact) mass is 286 g/mol. The fourth-order valence-corrected chi connectivity index (χ4v) is 3.86. The van der Waals surface area contributed by atoms with Crippen LogP contribution in [0.2, 0.25) is 0 Å². The summed E-state index contributed by atoms with van der Waals surface area (Å²) in [5.41, 5.74) is 6.55. The Labute approximate surface area is 122 Å². The van der Waals surface area contributed by atoms with Crippen molar-refractivity contribution in [2.24, 2.45) is 17.1 Å². The van der Waals surface area contributed by atoms with Crippen LogP contribution in [0, 0.1) is 11.3 Å². The van der Waals surface area contributed by atoms with E-state index >= 15 is 0 Å². The summed E-state index contributed by atoms with van der Waals surface area (Å²) in [4.78, 5) is 0. The Morgan fingerprint density at radius 3 is 2.80 bits per heavy atom. The summed E-state index contributed by atoms with van der Waals surface area (Å²) in [5, 5.41) is 3.47. The fourth-order valence-electron chi connectivity index (χ4n) is 3.86. The predicted octanol–water partition coefficient (Wildman–Crippen LogP) is 0.770. The van der Waals surface area contributed by atoms with Crippen LogP contribution in [-0.4, -0.2) is 58.3 Å². The molecule has 2 aliphatic rings. The van der Waals surface area contributed by atoms with E-state index in [0.717, 1.165) is 26.1 Å². The van der Waals surface area contributed by atoms with E-state index in [0.29, 0.717) is 18.6 Å². The molecule has 0 amide bonds. The third-order valence-electron chi connectivity index (χ3n) is 5.37. The number of fused-ring (bicyclic) bond motifs is 1. The molecule has 3 N–H and O–H groups in total. The molecule has 4 unspecified atom stereocenters. The van der Waals surface area contributed by atoms with Crippen molar-refractivity contribution in [3.8, 4) is 0 Å². The first-order valence-corrected chi connectivity index (χ1v) is 7.60. The number of methoxy groups -OCH3 is 2. The third kappa shape index (κ3) is 2.62. The summed E-state index contributed by atoms with van der Waals surface area (Å²) in [6.07, 6.45) is 2.70. The largest absolute Gasteiger partial charge is 0.382 e. The second kappa shape index (κ2) is 6.28. The summed E-state index contributed by atoms with van der Waals surface area (Å²) in [5.74, 6) is 0.474. The van der Waals surface area contributed by atoms with Gasteiger partial charge in [-0.15, -0.1) is 0 Å². The Kier molecular flexibility index (Phi) is 5.08. The van der Waals surface area contributed by atoms with Crippen molar-refractivity contribution in [3.05, 3.63) is 0 Å². The Hall–Kier alpha value is -0.200. The minimum absolute atomic E-state index is 0.0227. The molecule has 1 aliphatic heterocycles. The number of hydrogen-bond donors (Lipinski definition) is 2. The Balaban J connectivity index is 1.87. The van der Waals surface area contributed by atoms with Crippen LogP contribution in [0.25, 0.3) is 0 Å². The van der Waals surface area contributed by atoms with Gasteiger partial charge in [0.05, 0.1) is 18.8 Å². The lowest BCUT2D eigenvalue weighted by Crippen LogP contribution is -2.80. The SMILES string of the molecule is COCC(CNCC1(N)C2CCCOC2C1(C)C)OC. The molecule has 2 rings (SSSR count). The van der Waals surface area contributed by atoms with Gasteiger partial charge in [0.2, 0.25) is 0 Å². The molecule has 5 nitrogen and oxygen atoms in total. The molecule has 1 aliphatic carbocycles. The van der Waals surface area contributed by atoms with Crippen molar-refractivity contribution in [1.29, 1.82) is 0 Å².